The summed E-state index contributed by atoms with van der Waals surface area (Å²) in [7, 11) is 2.01. The van der Waals surface area contributed by atoms with Crippen LogP contribution in [-0.2, 0) is 4.74 Å². The Morgan fingerprint density at radius 1 is 1.47 bits per heavy atom. The van der Waals surface area contributed by atoms with Gasteiger partial charge in [-0.25, -0.2) is 0 Å². The Morgan fingerprint density at radius 2 is 2.18 bits per heavy atom. The van der Waals surface area contributed by atoms with E-state index in [0.717, 1.165) is 28.9 Å². The average molecular weight is 302 g/mol. The number of hydrogen-bond acceptors (Lipinski definition) is 3. The topological polar surface area (TPSA) is 32.7 Å². The molecular weight excluding hydrogens is 282 g/mol. The monoisotopic (exact) mass is 301 g/mol. The summed E-state index contributed by atoms with van der Waals surface area (Å²) in [4.78, 5) is 2.10. The zero-order valence-electron chi connectivity index (χ0n) is 10.6. The van der Waals surface area contributed by atoms with E-state index >= 15 is 0 Å². The number of ether oxygens (including phenoxy) is 1. The van der Waals surface area contributed by atoms with Crippen LogP contribution in [0.2, 0.25) is 0 Å². The standard InChI is InChI=1S/C13H20BrNO2/c1-4-17-8-7-15(3)13-6-5-11(14)9-12(13)10(2)16/h5-6,9-10,16H,4,7-8H2,1-3H3. The molecule has 0 fully saturated rings. The minimum absolute atomic E-state index is 0.475. The van der Waals surface area contributed by atoms with Crippen molar-refractivity contribution in [1.82, 2.24) is 0 Å². The molecule has 0 saturated carbocycles. The molecule has 1 N–H and O–H groups in total. The van der Waals surface area contributed by atoms with Gasteiger partial charge in [0.2, 0.25) is 0 Å². The van der Waals surface area contributed by atoms with Gasteiger partial charge in [-0.3, -0.25) is 0 Å². The maximum atomic E-state index is 9.77. The zero-order chi connectivity index (χ0) is 12.8. The fourth-order valence-corrected chi connectivity index (χ4v) is 2.05. The summed E-state index contributed by atoms with van der Waals surface area (Å²) < 4.78 is 6.32. The predicted molar refractivity (Wildman–Crippen MR) is 74.5 cm³/mol. The molecule has 1 aromatic carbocycles. The Balaban J connectivity index is 2.81. The summed E-state index contributed by atoms with van der Waals surface area (Å²) in [6, 6.07) is 5.95. The summed E-state index contributed by atoms with van der Waals surface area (Å²) in [5, 5.41) is 9.77. The van der Waals surface area contributed by atoms with Crippen LogP contribution in [0.5, 0.6) is 0 Å². The average Bonchev–Trinajstić information content (AvgIpc) is 2.29. The van der Waals surface area contributed by atoms with Crippen molar-refractivity contribution >= 4 is 21.6 Å². The highest BCUT2D eigenvalue weighted by atomic mass is 79.9. The highest BCUT2D eigenvalue weighted by Crippen LogP contribution is 2.28. The van der Waals surface area contributed by atoms with Crippen LogP contribution >= 0.6 is 15.9 Å². The van der Waals surface area contributed by atoms with Crippen LogP contribution in [0, 0.1) is 0 Å². The maximum absolute atomic E-state index is 9.77. The molecule has 96 valence electrons. The molecule has 0 aliphatic carbocycles. The van der Waals surface area contributed by atoms with E-state index < -0.39 is 6.10 Å². The van der Waals surface area contributed by atoms with Crippen molar-refractivity contribution in [2.24, 2.45) is 0 Å². The summed E-state index contributed by atoms with van der Waals surface area (Å²) >= 11 is 3.42. The molecule has 1 aromatic rings. The molecular formula is C13H20BrNO2. The third-order valence-electron chi connectivity index (χ3n) is 2.63. The minimum atomic E-state index is -0.475. The molecule has 0 heterocycles. The lowest BCUT2D eigenvalue weighted by molar-refractivity contribution is 0.154. The lowest BCUT2D eigenvalue weighted by atomic mass is 10.1. The minimum Gasteiger partial charge on any atom is -0.389 e. The first-order chi connectivity index (χ1) is 8.06. The first-order valence-corrected chi connectivity index (χ1v) is 6.62. The second-order valence-electron chi connectivity index (χ2n) is 4.00. The van der Waals surface area contributed by atoms with Gasteiger partial charge in [-0.1, -0.05) is 15.9 Å². The van der Waals surface area contributed by atoms with Crippen molar-refractivity contribution < 1.29 is 9.84 Å². The fraction of sp³-hybridized carbons (Fsp3) is 0.538. The van der Waals surface area contributed by atoms with Crippen LogP contribution in [0.25, 0.3) is 0 Å². The molecule has 0 radical (unpaired) electrons. The number of rotatable bonds is 6. The van der Waals surface area contributed by atoms with Crippen molar-refractivity contribution in [2.75, 3.05) is 31.7 Å². The van der Waals surface area contributed by atoms with Crippen molar-refractivity contribution in [3.8, 4) is 0 Å². The lowest BCUT2D eigenvalue weighted by Gasteiger charge is -2.23. The van der Waals surface area contributed by atoms with Gasteiger partial charge in [0.15, 0.2) is 0 Å². The number of nitrogens with zero attached hydrogens (tertiary/aromatic N) is 1. The van der Waals surface area contributed by atoms with Crippen molar-refractivity contribution in [3.63, 3.8) is 0 Å². The quantitative estimate of drug-likeness (QED) is 0.820. The first-order valence-electron chi connectivity index (χ1n) is 5.82. The van der Waals surface area contributed by atoms with Gasteiger partial charge >= 0.3 is 0 Å². The Kier molecular flexibility index (Phi) is 5.95. The zero-order valence-corrected chi connectivity index (χ0v) is 12.2. The first kappa shape index (κ1) is 14.5. The van der Waals surface area contributed by atoms with Gasteiger partial charge in [0.25, 0.3) is 0 Å². The normalized spacial score (nSPS) is 12.5. The van der Waals surface area contributed by atoms with Gasteiger partial charge in [-0.15, -0.1) is 0 Å². The van der Waals surface area contributed by atoms with Crippen LogP contribution < -0.4 is 4.90 Å². The number of halogens is 1. The second-order valence-corrected chi connectivity index (χ2v) is 4.91. The molecule has 0 aromatic heterocycles. The van der Waals surface area contributed by atoms with Crippen LogP contribution in [0.15, 0.2) is 22.7 Å². The van der Waals surface area contributed by atoms with Crippen molar-refractivity contribution in [3.05, 3.63) is 28.2 Å². The highest BCUT2D eigenvalue weighted by molar-refractivity contribution is 9.10. The molecule has 17 heavy (non-hydrogen) atoms. The number of aliphatic hydroxyl groups excluding tert-OH is 1. The van der Waals surface area contributed by atoms with Crippen LogP contribution in [0.1, 0.15) is 25.5 Å². The number of benzene rings is 1. The number of anilines is 1. The molecule has 0 aliphatic rings. The molecule has 4 heteroatoms. The van der Waals surface area contributed by atoms with E-state index in [0.29, 0.717) is 6.61 Å². The molecule has 3 nitrogen and oxygen atoms in total. The Morgan fingerprint density at radius 3 is 2.76 bits per heavy atom. The smallest absolute Gasteiger partial charge is 0.0782 e. The number of hydrogen-bond donors (Lipinski definition) is 1. The molecule has 0 saturated heterocycles. The molecule has 1 rings (SSSR count). The Labute approximate surface area is 112 Å². The van der Waals surface area contributed by atoms with E-state index in [-0.39, 0.29) is 0 Å². The second kappa shape index (κ2) is 6.99. The van der Waals surface area contributed by atoms with Crippen LogP contribution in [-0.4, -0.2) is 31.9 Å². The molecule has 0 bridgehead atoms. The van der Waals surface area contributed by atoms with Gasteiger partial charge in [0, 0.05) is 35.9 Å². The van der Waals surface area contributed by atoms with E-state index in [1.165, 1.54) is 0 Å². The third-order valence-corrected chi connectivity index (χ3v) is 3.12. The summed E-state index contributed by atoms with van der Waals surface area (Å²) in [5.41, 5.74) is 1.97. The third kappa shape index (κ3) is 4.30. The number of likely N-dealkylation sites (N-methyl/N-ethyl adjacent to an activating group) is 1. The summed E-state index contributed by atoms with van der Waals surface area (Å²) in [5.74, 6) is 0. The highest BCUT2D eigenvalue weighted by Gasteiger charge is 2.11. The molecule has 0 aliphatic heterocycles. The van der Waals surface area contributed by atoms with E-state index in [1.807, 2.05) is 32.2 Å². The van der Waals surface area contributed by atoms with Gasteiger partial charge in [0.1, 0.15) is 0 Å². The van der Waals surface area contributed by atoms with Crippen LogP contribution in [0.4, 0.5) is 5.69 Å². The van der Waals surface area contributed by atoms with E-state index in [1.54, 1.807) is 6.92 Å². The van der Waals surface area contributed by atoms with E-state index in [2.05, 4.69) is 20.8 Å². The van der Waals surface area contributed by atoms with Crippen molar-refractivity contribution in [1.29, 1.82) is 0 Å². The van der Waals surface area contributed by atoms with Gasteiger partial charge in [-0.05, 0) is 32.0 Å². The van der Waals surface area contributed by atoms with Gasteiger partial charge < -0.3 is 14.7 Å². The van der Waals surface area contributed by atoms with Gasteiger partial charge in [-0.2, -0.15) is 0 Å². The number of aliphatic hydroxyl groups is 1. The Bertz CT molecular complexity index is 355. The van der Waals surface area contributed by atoms with Crippen LogP contribution in [0.3, 0.4) is 0 Å². The van der Waals surface area contributed by atoms with E-state index in [9.17, 15) is 5.11 Å². The molecule has 0 amide bonds. The fourth-order valence-electron chi connectivity index (χ4n) is 1.67. The summed E-state index contributed by atoms with van der Waals surface area (Å²) in [6.07, 6.45) is -0.475. The van der Waals surface area contributed by atoms with Gasteiger partial charge in [0.05, 0.1) is 12.7 Å². The van der Waals surface area contributed by atoms with Crippen molar-refractivity contribution in [2.45, 2.75) is 20.0 Å². The predicted octanol–water partition coefficient (Wildman–Crippen LogP) is 2.98. The Hall–Kier alpha value is -0.580. The molecule has 1 atom stereocenters. The SMILES string of the molecule is CCOCCN(C)c1ccc(Br)cc1C(C)O. The summed E-state index contributed by atoms with van der Waals surface area (Å²) in [6.45, 7) is 6.01. The largest absolute Gasteiger partial charge is 0.389 e. The maximum Gasteiger partial charge on any atom is 0.0782 e. The molecule has 0 spiro atoms. The van der Waals surface area contributed by atoms with E-state index in [4.69, 9.17) is 4.74 Å². The lowest BCUT2D eigenvalue weighted by Crippen LogP contribution is -2.24. The molecule has 1 unspecified atom stereocenters.